The Bertz CT molecular complexity index is 458. The second-order valence-corrected chi connectivity index (χ2v) is 5.06. The van der Waals surface area contributed by atoms with Gasteiger partial charge in [-0.2, -0.15) is 0 Å². The number of carboxylic acid groups (broad SMARTS) is 1. The molecule has 1 aliphatic rings. The van der Waals surface area contributed by atoms with Crippen molar-refractivity contribution in [1.82, 2.24) is 5.32 Å². The van der Waals surface area contributed by atoms with E-state index >= 15 is 0 Å². The van der Waals surface area contributed by atoms with Gasteiger partial charge in [-0.1, -0.05) is 23.9 Å². The van der Waals surface area contributed by atoms with Crippen LogP contribution in [0.4, 0.5) is 4.39 Å². The van der Waals surface area contributed by atoms with E-state index in [9.17, 15) is 9.18 Å². The molecule has 84 valence electrons. The molecule has 1 aliphatic heterocycles. The summed E-state index contributed by atoms with van der Waals surface area (Å²) in [6.45, 7) is 1.59. The van der Waals surface area contributed by atoms with E-state index in [1.165, 1.54) is 23.9 Å². The van der Waals surface area contributed by atoms with E-state index in [0.29, 0.717) is 0 Å². The minimum Gasteiger partial charge on any atom is -0.479 e. The first-order chi connectivity index (χ1) is 7.51. The van der Waals surface area contributed by atoms with Crippen molar-refractivity contribution in [2.45, 2.75) is 11.8 Å². The first-order valence-electron chi connectivity index (χ1n) is 4.67. The predicted molar refractivity (Wildman–Crippen MR) is 61.1 cm³/mol. The van der Waals surface area contributed by atoms with Crippen LogP contribution in [0.5, 0.6) is 0 Å². The van der Waals surface area contributed by atoms with E-state index in [1.807, 2.05) is 0 Å². The van der Waals surface area contributed by atoms with Gasteiger partial charge in [-0.15, -0.1) is 0 Å². The Balaban J connectivity index is 2.20. The molecule has 0 amide bonds. The number of hydrogen-bond acceptors (Lipinski definition) is 3. The van der Waals surface area contributed by atoms with Crippen molar-refractivity contribution in [2.24, 2.45) is 0 Å². The Kier molecular flexibility index (Phi) is 2.63. The van der Waals surface area contributed by atoms with Crippen LogP contribution in [0.3, 0.4) is 0 Å². The monoisotopic (exact) mass is 239 g/mol. The van der Waals surface area contributed by atoms with Gasteiger partial charge < -0.3 is 10.4 Å². The fourth-order valence-corrected chi connectivity index (χ4v) is 2.36. The number of aliphatic carboxylic acids is 1. The van der Waals surface area contributed by atoms with Gasteiger partial charge in [0.25, 0.3) is 0 Å². The number of nitrogens with one attached hydrogen (secondary N) is 1. The molecule has 0 radical (unpaired) electrons. The summed E-state index contributed by atoms with van der Waals surface area (Å²) in [5.41, 5.74) is 0.809. The molecule has 1 aromatic rings. The standard InChI is InChI=1S/C11H10FNO2S/c1-11(10(14)15)13-6-9(16-11)7-2-4-8(12)5-3-7/h2-6,13H,1H3,(H,14,15). The smallest absolute Gasteiger partial charge is 0.340 e. The Labute approximate surface area is 96.4 Å². The van der Waals surface area contributed by atoms with Crippen molar-refractivity contribution in [2.75, 3.05) is 0 Å². The van der Waals surface area contributed by atoms with Crippen LogP contribution in [0.1, 0.15) is 12.5 Å². The molecular weight excluding hydrogens is 229 g/mol. The molecule has 0 spiro atoms. The largest absolute Gasteiger partial charge is 0.479 e. The average molecular weight is 239 g/mol. The van der Waals surface area contributed by atoms with Crippen LogP contribution < -0.4 is 5.32 Å². The lowest BCUT2D eigenvalue weighted by atomic mass is 10.2. The normalized spacial score (nSPS) is 23.8. The highest BCUT2D eigenvalue weighted by Crippen LogP contribution is 2.40. The van der Waals surface area contributed by atoms with Crippen LogP contribution in [-0.4, -0.2) is 15.9 Å². The Morgan fingerprint density at radius 1 is 1.44 bits per heavy atom. The average Bonchev–Trinajstić information content (AvgIpc) is 2.63. The van der Waals surface area contributed by atoms with E-state index in [2.05, 4.69) is 5.32 Å². The molecule has 0 saturated carbocycles. The lowest BCUT2D eigenvalue weighted by Crippen LogP contribution is -2.40. The molecule has 0 bridgehead atoms. The maximum absolute atomic E-state index is 12.7. The lowest BCUT2D eigenvalue weighted by Gasteiger charge is -2.18. The van der Waals surface area contributed by atoms with Gasteiger partial charge in [0.15, 0.2) is 4.87 Å². The summed E-state index contributed by atoms with van der Waals surface area (Å²) in [4.78, 5) is 10.7. The first-order valence-corrected chi connectivity index (χ1v) is 5.49. The van der Waals surface area contributed by atoms with Crippen LogP contribution in [-0.2, 0) is 4.79 Å². The fourth-order valence-electron chi connectivity index (χ4n) is 1.34. The van der Waals surface area contributed by atoms with Crippen molar-refractivity contribution in [3.8, 4) is 0 Å². The zero-order valence-corrected chi connectivity index (χ0v) is 9.34. The summed E-state index contributed by atoms with van der Waals surface area (Å²) < 4.78 is 12.7. The number of carboxylic acids is 1. The maximum Gasteiger partial charge on any atom is 0.340 e. The molecule has 1 aromatic carbocycles. The van der Waals surface area contributed by atoms with Crippen LogP contribution >= 0.6 is 11.8 Å². The zero-order chi connectivity index (χ0) is 11.8. The summed E-state index contributed by atoms with van der Waals surface area (Å²) in [7, 11) is 0. The number of thioether (sulfide) groups is 1. The summed E-state index contributed by atoms with van der Waals surface area (Å²) in [6.07, 6.45) is 1.64. The van der Waals surface area contributed by atoms with Gasteiger partial charge in [0.2, 0.25) is 0 Å². The third kappa shape index (κ3) is 1.90. The van der Waals surface area contributed by atoms with Gasteiger partial charge in [-0.25, -0.2) is 9.18 Å². The molecule has 0 aliphatic carbocycles. The highest BCUT2D eigenvalue weighted by Gasteiger charge is 2.38. The van der Waals surface area contributed by atoms with Gasteiger partial charge in [-0.3, -0.25) is 0 Å². The van der Waals surface area contributed by atoms with Crippen molar-refractivity contribution in [3.05, 3.63) is 41.8 Å². The quantitative estimate of drug-likeness (QED) is 0.831. The predicted octanol–water partition coefficient (Wildman–Crippen LogP) is 2.26. The molecule has 0 aromatic heterocycles. The second-order valence-electron chi connectivity index (χ2n) is 3.60. The van der Waals surface area contributed by atoms with Crippen molar-refractivity contribution >= 4 is 22.6 Å². The van der Waals surface area contributed by atoms with Crippen LogP contribution in [0.2, 0.25) is 0 Å². The van der Waals surface area contributed by atoms with Crippen molar-refractivity contribution < 1.29 is 14.3 Å². The van der Waals surface area contributed by atoms with Crippen molar-refractivity contribution in [1.29, 1.82) is 0 Å². The summed E-state index contributed by atoms with van der Waals surface area (Å²) in [5.74, 6) is -1.23. The van der Waals surface area contributed by atoms with Crippen LogP contribution in [0.15, 0.2) is 30.5 Å². The van der Waals surface area contributed by atoms with Gasteiger partial charge >= 0.3 is 5.97 Å². The first kappa shape index (κ1) is 11.0. The van der Waals surface area contributed by atoms with Gasteiger partial charge in [0.05, 0.1) is 0 Å². The Morgan fingerprint density at radius 2 is 2.06 bits per heavy atom. The molecule has 2 N–H and O–H groups in total. The van der Waals surface area contributed by atoms with Crippen LogP contribution in [0, 0.1) is 5.82 Å². The topological polar surface area (TPSA) is 49.3 Å². The molecule has 1 atom stereocenters. The zero-order valence-electron chi connectivity index (χ0n) is 8.53. The molecule has 0 saturated heterocycles. The van der Waals surface area contributed by atoms with Gasteiger partial charge in [0.1, 0.15) is 5.82 Å². The lowest BCUT2D eigenvalue weighted by molar-refractivity contribution is -0.139. The van der Waals surface area contributed by atoms with Crippen LogP contribution in [0.25, 0.3) is 4.91 Å². The molecule has 16 heavy (non-hydrogen) atoms. The van der Waals surface area contributed by atoms with E-state index in [0.717, 1.165) is 10.5 Å². The Hall–Kier alpha value is -1.49. The number of rotatable bonds is 2. The second kappa shape index (κ2) is 3.83. The number of benzene rings is 1. The number of hydrogen-bond donors (Lipinski definition) is 2. The summed E-state index contributed by atoms with van der Waals surface area (Å²) in [6, 6.07) is 5.97. The molecule has 2 rings (SSSR count). The summed E-state index contributed by atoms with van der Waals surface area (Å²) >= 11 is 1.21. The van der Waals surface area contributed by atoms with E-state index in [1.54, 1.807) is 25.3 Å². The van der Waals surface area contributed by atoms with E-state index < -0.39 is 10.8 Å². The molecule has 3 nitrogen and oxygen atoms in total. The molecular formula is C11H10FNO2S. The minimum atomic E-state index is -1.04. The Morgan fingerprint density at radius 3 is 2.56 bits per heavy atom. The third-order valence-electron chi connectivity index (χ3n) is 2.33. The fraction of sp³-hybridized carbons (Fsp3) is 0.182. The molecule has 1 heterocycles. The minimum absolute atomic E-state index is 0.304. The SMILES string of the molecule is CC1(C(=O)O)NC=C(c2ccc(F)cc2)S1. The number of halogens is 1. The van der Waals surface area contributed by atoms with E-state index in [4.69, 9.17) is 5.11 Å². The van der Waals surface area contributed by atoms with Crippen molar-refractivity contribution in [3.63, 3.8) is 0 Å². The molecule has 0 fully saturated rings. The maximum atomic E-state index is 12.7. The van der Waals surface area contributed by atoms with E-state index in [-0.39, 0.29) is 5.82 Å². The van der Waals surface area contributed by atoms with Gasteiger partial charge in [-0.05, 0) is 24.6 Å². The molecule has 1 unspecified atom stereocenters. The highest BCUT2D eigenvalue weighted by molar-refractivity contribution is 8.10. The summed E-state index contributed by atoms with van der Waals surface area (Å²) in [5, 5.41) is 11.8. The number of carbonyl (C=O) groups is 1. The molecule has 5 heteroatoms. The third-order valence-corrected chi connectivity index (χ3v) is 3.60. The highest BCUT2D eigenvalue weighted by atomic mass is 32.2. The van der Waals surface area contributed by atoms with Gasteiger partial charge in [0, 0.05) is 11.1 Å².